The van der Waals surface area contributed by atoms with Gasteiger partial charge in [0.2, 0.25) is 5.89 Å². The lowest BCUT2D eigenvalue weighted by molar-refractivity contribution is 0.621. The second-order valence-electron chi connectivity index (χ2n) is 10.0. The monoisotopic (exact) mass is 525 g/mol. The van der Waals surface area contributed by atoms with Crippen LogP contribution in [0.3, 0.4) is 0 Å². The Morgan fingerprint density at radius 1 is 0.439 bits per heavy atom. The van der Waals surface area contributed by atoms with E-state index >= 15 is 0 Å². The Bertz CT molecular complexity index is 2180. The molecule has 41 heavy (non-hydrogen) atoms. The molecule has 0 amide bonds. The van der Waals surface area contributed by atoms with Crippen LogP contribution in [-0.4, -0.2) is 15.0 Å². The molecule has 0 aliphatic carbocycles. The first-order valence-corrected chi connectivity index (χ1v) is 13.6. The third kappa shape index (κ3) is 3.97. The van der Waals surface area contributed by atoms with Gasteiger partial charge in [-0.15, -0.1) is 0 Å². The Balaban J connectivity index is 1.41. The normalized spacial score (nSPS) is 11.4. The van der Waals surface area contributed by atoms with E-state index in [1.54, 1.807) is 0 Å². The van der Waals surface area contributed by atoms with Gasteiger partial charge in [0.1, 0.15) is 5.52 Å². The highest BCUT2D eigenvalue weighted by Gasteiger charge is 2.21. The summed E-state index contributed by atoms with van der Waals surface area (Å²) in [6.45, 7) is 0. The van der Waals surface area contributed by atoms with Gasteiger partial charge < -0.3 is 4.42 Å². The quantitative estimate of drug-likeness (QED) is 0.230. The lowest BCUT2D eigenvalue weighted by Crippen LogP contribution is -1.97. The first-order valence-electron chi connectivity index (χ1n) is 13.6. The zero-order valence-corrected chi connectivity index (χ0v) is 22.0. The van der Waals surface area contributed by atoms with Gasteiger partial charge in [-0.05, 0) is 40.1 Å². The molecule has 0 fully saturated rings. The van der Waals surface area contributed by atoms with Crippen molar-refractivity contribution in [1.29, 1.82) is 0 Å². The van der Waals surface area contributed by atoms with Crippen molar-refractivity contribution in [3.05, 3.63) is 140 Å². The van der Waals surface area contributed by atoms with Crippen molar-refractivity contribution in [2.24, 2.45) is 0 Å². The molecule has 0 saturated carbocycles. The van der Waals surface area contributed by atoms with Gasteiger partial charge in [0.05, 0.1) is 16.8 Å². The standard InChI is InChI=1S/C37H23N3O/c1-2-13-25(14-3-1)35-30-18-8-9-19-31(30)38-36(40-35)29-17-7-6-16-27(29)28-23-22-24-12-4-5-15-26(24)34(28)37-39-32-20-10-11-21-33(32)41-37/h1-23H. The first-order chi connectivity index (χ1) is 20.3. The summed E-state index contributed by atoms with van der Waals surface area (Å²) in [5.74, 6) is 1.27. The van der Waals surface area contributed by atoms with Crippen LogP contribution in [0.15, 0.2) is 144 Å². The van der Waals surface area contributed by atoms with Crippen molar-refractivity contribution in [3.8, 4) is 45.2 Å². The summed E-state index contributed by atoms with van der Waals surface area (Å²) in [6.07, 6.45) is 0. The SMILES string of the molecule is c1ccc(-c2nc(-c3ccccc3-c3ccc4ccccc4c3-c3nc4ccccc4o3)nc3ccccc23)cc1. The molecule has 4 heteroatoms. The first kappa shape index (κ1) is 23.3. The van der Waals surface area contributed by atoms with Crippen LogP contribution in [0.1, 0.15) is 0 Å². The zero-order valence-electron chi connectivity index (χ0n) is 22.0. The Labute approximate surface area is 236 Å². The predicted octanol–water partition coefficient (Wildman–Crippen LogP) is 9.59. The van der Waals surface area contributed by atoms with E-state index < -0.39 is 0 Å². The molecule has 6 aromatic carbocycles. The number of rotatable bonds is 4. The number of nitrogens with zero attached hydrogens (tertiary/aromatic N) is 3. The van der Waals surface area contributed by atoms with Crippen LogP contribution in [-0.2, 0) is 0 Å². The van der Waals surface area contributed by atoms with E-state index in [0.29, 0.717) is 11.7 Å². The summed E-state index contributed by atoms with van der Waals surface area (Å²) in [6, 6.07) is 47.4. The smallest absolute Gasteiger partial charge is 0.228 e. The number of aromatic nitrogens is 3. The van der Waals surface area contributed by atoms with Crippen LogP contribution in [0.25, 0.3) is 78.0 Å². The molecular formula is C37H23N3O. The topological polar surface area (TPSA) is 51.8 Å². The van der Waals surface area contributed by atoms with Crippen LogP contribution in [0.5, 0.6) is 0 Å². The van der Waals surface area contributed by atoms with Gasteiger partial charge in [0, 0.05) is 16.5 Å². The van der Waals surface area contributed by atoms with Gasteiger partial charge in [-0.1, -0.05) is 121 Å². The Kier molecular flexibility index (Phi) is 5.42. The number of benzene rings is 6. The molecule has 8 aromatic rings. The third-order valence-corrected chi connectivity index (χ3v) is 7.55. The van der Waals surface area contributed by atoms with Crippen molar-refractivity contribution < 1.29 is 4.42 Å². The maximum atomic E-state index is 6.36. The summed E-state index contributed by atoms with van der Waals surface area (Å²) >= 11 is 0. The molecular weight excluding hydrogens is 502 g/mol. The van der Waals surface area contributed by atoms with Crippen molar-refractivity contribution in [1.82, 2.24) is 15.0 Å². The molecule has 0 aliphatic heterocycles. The highest BCUT2D eigenvalue weighted by molar-refractivity contribution is 6.05. The molecule has 4 nitrogen and oxygen atoms in total. The van der Waals surface area contributed by atoms with Crippen LogP contribution in [0, 0.1) is 0 Å². The van der Waals surface area contributed by atoms with E-state index in [1.807, 2.05) is 60.7 Å². The molecule has 0 radical (unpaired) electrons. The molecule has 0 N–H and O–H groups in total. The summed E-state index contributed by atoms with van der Waals surface area (Å²) < 4.78 is 6.36. The minimum atomic E-state index is 0.595. The van der Waals surface area contributed by atoms with Gasteiger partial charge in [0.25, 0.3) is 0 Å². The van der Waals surface area contributed by atoms with Gasteiger partial charge in [-0.25, -0.2) is 15.0 Å². The molecule has 0 saturated heterocycles. The van der Waals surface area contributed by atoms with Crippen LogP contribution >= 0.6 is 0 Å². The second-order valence-corrected chi connectivity index (χ2v) is 10.0. The average molecular weight is 526 g/mol. The summed E-state index contributed by atoms with van der Waals surface area (Å²) in [5, 5.41) is 3.23. The number of hydrogen-bond acceptors (Lipinski definition) is 4. The molecule has 0 aliphatic rings. The van der Waals surface area contributed by atoms with Gasteiger partial charge in [-0.2, -0.15) is 0 Å². The fourth-order valence-corrected chi connectivity index (χ4v) is 5.63. The fourth-order valence-electron chi connectivity index (χ4n) is 5.63. The van der Waals surface area contributed by atoms with E-state index in [1.165, 1.54) is 0 Å². The van der Waals surface area contributed by atoms with E-state index in [-0.39, 0.29) is 0 Å². The van der Waals surface area contributed by atoms with Gasteiger partial charge in [-0.3, -0.25) is 0 Å². The largest absolute Gasteiger partial charge is 0.436 e. The number of oxazole rings is 1. The molecule has 2 heterocycles. The molecule has 192 valence electrons. The highest BCUT2D eigenvalue weighted by atomic mass is 16.3. The molecule has 2 aromatic heterocycles. The Morgan fingerprint density at radius 2 is 1.12 bits per heavy atom. The average Bonchev–Trinajstić information content (AvgIpc) is 3.48. The van der Waals surface area contributed by atoms with E-state index in [9.17, 15) is 0 Å². The minimum Gasteiger partial charge on any atom is -0.436 e. The van der Waals surface area contributed by atoms with Crippen molar-refractivity contribution in [2.75, 3.05) is 0 Å². The van der Waals surface area contributed by atoms with Crippen LogP contribution < -0.4 is 0 Å². The van der Waals surface area contributed by atoms with Crippen molar-refractivity contribution in [3.63, 3.8) is 0 Å². The van der Waals surface area contributed by atoms with Crippen LogP contribution in [0.4, 0.5) is 0 Å². The molecule has 0 unspecified atom stereocenters. The predicted molar refractivity (Wildman–Crippen MR) is 166 cm³/mol. The van der Waals surface area contributed by atoms with Gasteiger partial charge in [0.15, 0.2) is 11.4 Å². The van der Waals surface area contributed by atoms with Crippen molar-refractivity contribution in [2.45, 2.75) is 0 Å². The number of fused-ring (bicyclic) bond motifs is 3. The maximum Gasteiger partial charge on any atom is 0.228 e. The van der Waals surface area contributed by atoms with E-state index in [2.05, 4.69) is 78.9 Å². The van der Waals surface area contributed by atoms with Gasteiger partial charge >= 0.3 is 0 Å². The highest BCUT2D eigenvalue weighted by Crippen LogP contribution is 2.42. The summed E-state index contributed by atoms with van der Waals surface area (Å²) in [7, 11) is 0. The zero-order chi connectivity index (χ0) is 27.2. The Morgan fingerprint density at radius 3 is 1.98 bits per heavy atom. The van der Waals surface area contributed by atoms with Crippen molar-refractivity contribution >= 4 is 32.8 Å². The van der Waals surface area contributed by atoms with Crippen LogP contribution in [0.2, 0.25) is 0 Å². The molecule has 8 rings (SSSR count). The Hall–Kier alpha value is -5.61. The van der Waals surface area contributed by atoms with E-state index in [0.717, 1.165) is 66.3 Å². The maximum absolute atomic E-state index is 6.36. The second kappa shape index (κ2) is 9.54. The lowest BCUT2D eigenvalue weighted by Gasteiger charge is -2.15. The summed E-state index contributed by atoms with van der Waals surface area (Å²) in [4.78, 5) is 15.2. The number of hydrogen-bond donors (Lipinski definition) is 0. The molecule has 0 atom stereocenters. The fraction of sp³-hybridized carbons (Fsp3) is 0. The summed E-state index contributed by atoms with van der Waals surface area (Å²) in [5.41, 5.74) is 8.41. The van der Waals surface area contributed by atoms with E-state index in [4.69, 9.17) is 19.4 Å². The number of para-hydroxylation sites is 3. The molecule has 0 bridgehead atoms. The third-order valence-electron chi connectivity index (χ3n) is 7.55. The lowest BCUT2D eigenvalue weighted by atomic mass is 9.91. The minimum absolute atomic E-state index is 0.595. The molecule has 0 spiro atoms.